The maximum Gasteiger partial charge on any atom is 0.188 e. The molecule has 2 atom stereocenters. The lowest BCUT2D eigenvalue weighted by atomic mass is 9.99. The van der Waals surface area contributed by atoms with Gasteiger partial charge < -0.3 is 20.1 Å². The molecule has 8 heteroatoms. The van der Waals surface area contributed by atoms with Crippen molar-refractivity contribution in [3.05, 3.63) is 58.4 Å². The van der Waals surface area contributed by atoms with Crippen molar-refractivity contribution in [2.75, 3.05) is 17.3 Å². The average Bonchev–Trinajstić information content (AvgIpc) is 3.07. The second kappa shape index (κ2) is 8.45. The van der Waals surface area contributed by atoms with Gasteiger partial charge in [0.2, 0.25) is 0 Å². The summed E-state index contributed by atoms with van der Waals surface area (Å²) in [6.07, 6.45) is 3.40. The van der Waals surface area contributed by atoms with E-state index < -0.39 is 0 Å². The van der Waals surface area contributed by atoms with Crippen LogP contribution in [0.15, 0.2) is 36.4 Å². The van der Waals surface area contributed by atoms with E-state index in [-0.39, 0.29) is 18.2 Å². The van der Waals surface area contributed by atoms with E-state index in [1.54, 1.807) is 7.11 Å². The van der Waals surface area contributed by atoms with Crippen molar-refractivity contribution in [3.63, 3.8) is 0 Å². The van der Waals surface area contributed by atoms with Crippen LogP contribution >= 0.6 is 11.6 Å². The number of anilines is 2. The van der Waals surface area contributed by atoms with E-state index >= 15 is 0 Å². The molecule has 0 amide bonds. The van der Waals surface area contributed by atoms with Crippen molar-refractivity contribution in [1.29, 1.82) is 0 Å². The Labute approximate surface area is 191 Å². The number of hydrogen-bond acceptors (Lipinski definition) is 6. The zero-order valence-corrected chi connectivity index (χ0v) is 18.5. The van der Waals surface area contributed by atoms with Gasteiger partial charge in [0.15, 0.2) is 17.3 Å². The molecule has 1 aromatic heterocycles. The Kier molecular flexibility index (Phi) is 5.50. The predicted octanol–water partition coefficient (Wildman–Crippen LogP) is 4.95. The molecule has 32 heavy (non-hydrogen) atoms. The number of fused-ring (bicyclic) bond motifs is 3. The zero-order valence-electron chi connectivity index (χ0n) is 17.8. The molecule has 2 N–H and O–H groups in total. The first-order chi connectivity index (χ1) is 15.6. The molecule has 164 valence electrons. The number of halogens is 1. The molecule has 3 heterocycles. The number of aromatic nitrogens is 2. The first-order valence-electron chi connectivity index (χ1n) is 10.8. The molecule has 2 unspecified atom stereocenters. The van der Waals surface area contributed by atoms with Crippen LogP contribution in [-0.2, 0) is 6.54 Å². The number of hydrogen-bond donors (Lipinski definition) is 2. The number of methoxy groups -OCH3 is 1. The molecular formula is C24H24ClN5O2. The lowest BCUT2D eigenvalue weighted by Crippen LogP contribution is -2.45. The zero-order chi connectivity index (χ0) is 22.2. The van der Waals surface area contributed by atoms with Gasteiger partial charge in [-0.25, -0.2) is 4.85 Å². The molecule has 2 fully saturated rings. The van der Waals surface area contributed by atoms with Crippen LogP contribution in [0.1, 0.15) is 31.2 Å². The highest BCUT2D eigenvalue weighted by Gasteiger charge is 2.41. The molecule has 0 saturated carbocycles. The van der Waals surface area contributed by atoms with Gasteiger partial charge in [-0.1, -0.05) is 29.8 Å². The number of aliphatic hydroxyl groups excluding tert-OH is 1. The number of nitrogens with one attached hydrogen (secondary N) is 1. The second-order valence-corrected chi connectivity index (χ2v) is 8.86. The van der Waals surface area contributed by atoms with Gasteiger partial charge >= 0.3 is 0 Å². The minimum Gasteiger partial charge on any atom is -0.495 e. The monoisotopic (exact) mass is 449 g/mol. The summed E-state index contributed by atoms with van der Waals surface area (Å²) in [6, 6.07) is 11.9. The van der Waals surface area contributed by atoms with E-state index in [2.05, 4.69) is 25.3 Å². The Morgan fingerprint density at radius 1 is 1.16 bits per heavy atom. The van der Waals surface area contributed by atoms with Crippen molar-refractivity contribution in [3.8, 4) is 5.75 Å². The van der Waals surface area contributed by atoms with Crippen molar-refractivity contribution >= 4 is 39.7 Å². The number of aliphatic hydroxyl groups is 1. The molecule has 3 aromatic rings. The molecule has 0 spiro atoms. The van der Waals surface area contributed by atoms with Crippen LogP contribution < -0.4 is 15.0 Å². The van der Waals surface area contributed by atoms with Crippen LogP contribution in [0.25, 0.3) is 15.6 Å². The standard InChI is InChI=1S/C24H24ClN5O2/c1-26-15-4-7-19-20(10-15)23(27-13-14-3-8-22(32-2)21(25)9-14)28-29-24(19)30-16-5-6-17(30)12-18(31)11-16/h3-4,7-10,16-18,31H,5-6,11-13H2,2H3,(H,27,28). The fourth-order valence-corrected chi connectivity index (χ4v) is 5.30. The lowest BCUT2D eigenvalue weighted by molar-refractivity contribution is 0.126. The van der Waals surface area contributed by atoms with E-state index in [1.807, 2.05) is 36.4 Å². The van der Waals surface area contributed by atoms with E-state index in [9.17, 15) is 5.11 Å². The minimum atomic E-state index is -0.242. The molecule has 7 nitrogen and oxygen atoms in total. The molecule has 2 bridgehead atoms. The summed E-state index contributed by atoms with van der Waals surface area (Å²) in [5.41, 5.74) is 1.54. The molecule has 5 rings (SSSR count). The summed E-state index contributed by atoms with van der Waals surface area (Å²) in [5.74, 6) is 2.10. The summed E-state index contributed by atoms with van der Waals surface area (Å²) < 4.78 is 5.22. The SMILES string of the molecule is [C-]#[N+]c1ccc2c(N3C4CCC3CC(O)C4)nnc(NCc3ccc(OC)c(Cl)c3)c2c1. The van der Waals surface area contributed by atoms with Crippen LogP contribution in [0, 0.1) is 6.57 Å². The van der Waals surface area contributed by atoms with Crippen LogP contribution in [0.5, 0.6) is 5.75 Å². The second-order valence-electron chi connectivity index (χ2n) is 8.45. The number of ether oxygens (including phenoxy) is 1. The largest absolute Gasteiger partial charge is 0.495 e. The first-order valence-corrected chi connectivity index (χ1v) is 11.2. The predicted molar refractivity (Wildman–Crippen MR) is 126 cm³/mol. The van der Waals surface area contributed by atoms with E-state index in [4.69, 9.17) is 22.9 Å². The maximum atomic E-state index is 10.2. The summed E-state index contributed by atoms with van der Waals surface area (Å²) in [6.45, 7) is 7.95. The fourth-order valence-electron chi connectivity index (χ4n) is 5.02. The van der Waals surface area contributed by atoms with Crippen LogP contribution in [0.3, 0.4) is 0 Å². The Bertz CT molecular complexity index is 1200. The van der Waals surface area contributed by atoms with Crippen molar-refractivity contribution < 1.29 is 9.84 Å². The van der Waals surface area contributed by atoms with Crippen LogP contribution in [0.2, 0.25) is 5.02 Å². The molecular weight excluding hydrogens is 426 g/mol. The Hall–Kier alpha value is -3.08. The van der Waals surface area contributed by atoms with Crippen LogP contribution in [-0.4, -0.2) is 40.6 Å². The molecule has 0 radical (unpaired) electrons. The molecule has 0 aliphatic carbocycles. The Morgan fingerprint density at radius 2 is 1.94 bits per heavy atom. The summed E-state index contributed by atoms with van der Waals surface area (Å²) in [7, 11) is 1.59. The quantitative estimate of drug-likeness (QED) is 0.537. The Morgan fingerprint density at radius 3 is 2.62 bits per heavy atom. The van der Waals surface area contributed by atoms with Crippen LogP contribution in [0.4, 0.5) is 17.3 Å². The van der Waals surface area contributed by atoms with Gasteiger partial charge in [0.05, 0.1) is 24.8 Å². The normalized spacial score (nSPS) is 22.1. The van der Waals surface area contributed by atoms with Gasteiger partial charge in [-0.05, 0) is 49.4 Å². The third-order valence-electron chi connectivity index (χ3n) is 6.50. The van der Waals surface area contributed by atoms with Gasteiger partial charge in [-0.2, -0.15) is 0 Å². The van der Waals surface area contributed by atoms with Gasteiger partial charge in [0.25, 0.3) is 0 Å². The highest BCUT2D eigenvalue weighted by molar-refractivity contribution is 6.32. The smallest absolute Gasteiger partial charge is 0.188 e. The van der Waals surface area contributed by atoms with E-state index in [1.165, 1.54) is 0 Å². The number of benzene rings is 2. The highest BCUT2D eigenvalue weighted by Crippen LogP contribution is 2.42. The molecule has 2 saturated heterocycles. The topological polar surface area (TPSA) is 74.9 Å². The van der Waals surface area contributed by atoms with Crippen molar-refractivity contribution in [2.24, 2.45) is 0 Å². The highest BCUT2D eigenvalue weighted by atomic mass is 35.5. The summed E-state index contributed by atoms with van der Waals surface area (Å²) in [4.78, 5) is 5.94. The number of nitrogens with zero attached hydrogens (tertiary/aromatic N) is 4. The lowest BCUT2D eigenvalue weighted by Gasteiger charge is -2.38. The average molecular weight is 450 g/mol. The third-order valence-corrected chi connectivity index (χ3v) is 6.80. The summed E-state index contributed by atoms with van der Waals surface area (Å²) >= 11 is 6.26. The minimum absolute atomic E-state index is 0.242. The van der Waals surface area contributed by atoms with Gasteiger partial charge in [0.1, 0.15) is 5.75 Å². The summed E-state index contributed by atoms with van der Waals surface area (Å²) in [5, 5.41) is 25.1. The number of rotatable bonds is 5. The Balaban J connectivity index is 1.50. The third kappa shape index (κ3) is 3.70. The molecule has 2 aliphatic heterocycles. The van der Waals surface area contributed by atoms with Crippen molar-refractivity contribution in [2.45, 2.75) is 50.4 Å². The van der Waals surface area contributed by atoms with E-state index in [0.29, 0.717) is 28.8 Å². The van der Waals surface area contributed by atoms with Gasteiger partial charge in [0, 0.05) is 29.4 Å². The first kappa shape index (κ1) is 20.8. The van der Waals surface area contributed by atoms with E-state index in [0.717, 1.165) is 47.8 Å². The molecule has 2 aromatic carbocycles. The van der Waals surface area contributed by atoms with Crippen molar-refractivity contribution in [1.82, 2.24) is 10.2 Å². The van der Waals surface area contributed by atoms with Gasteiger partial charge in [-0.15, -0.1) is 10.2 Å². The molecule has 2 aliphatic rings. The number of piperidine rings is 1. The van der Waals surface area contributed by atoms with Gasteiger partial charge in [-0.3, -0.25) is 0 Å². The fraction of sp³-hybridized carbons (Fsp3) is 0.375. The maximum absolute atomic E-state index is 10.2.